The van der Waals surface area contributed by atoms with Gasteiger partial charge in [-0.05, 0) is 31.5 Å². The van der Waals surface area contributed by atoms with Gasteiger partial charge in [-0.25, -0.2) is 4.79 Å². The summed E-state index contributed by atoms with van der Waals surface area (Å²) in [5.74, 6) is -0.619. The van der Waals surface area contributed by atoms with Gasteiger partial charge in [0, 0.05) is 5.02 Å². The van der Waals surface area contributed by atoms with Crippen LogP contribution in [0.25, 0.3) is 0 Å². The van der Waals surface area contributed by atoms with Gasteiger partial charge < -0.3 is 14.4 Å². The molecule has 1 aromatic rings. The van der Waals surface area contributed by atoms with Gasteiger partial charge in [0.1, 0.15) is 18.8 Å². The van der Waals surface area contributed by atoms with Crippen molar-refractivity contribution in [2.75, 3.05) is 19.8 Å². The van der Waals surface area contributed by atoms with Gasteiger partial charge in [-0.3, -0.25) is 4.79 Å². The second kappa shape index (κ2) is 6.91. The van der Waals surface area contributed by atoms with E-state index in [2.05, 4.69) is 0 Å². The molecule has 0 N–H and O–H groups in total. The fourth-order valence-electron chi connectivity index (χ4n) is 2.26. The number of halogens is 1. The molecule has 114 valence electrons. The summed E-state index contributed by atoms with van der Waals surface area (Å²) in [6.45, 7) is 3.94. The molecule has 1 fully saturated rings. The number of rotatable bonds is 4. The zero-order chi connectivity index (χ0) is 15.4. The molecule has 0 bridgehead atoms. The standard InChI is InChI=1S/C15H18ClNO4/c1-3-20-15(19)10(2)17-8-13(21-9-14(17)18)11-5-4-6-12(16)7-11/h4-7,10,13H,3,8-9H2,1-2H3. The van der Waals surface area contributed by atoms with Gasteiger partial charge in [0.05, 0.1) is 13.2 Å². The average molecular weight is 312 g/mol. The number of ether oxygens (including phenoxy) is 2. The highest BCUT2D eigenvalue weighted by Gasteiger charge is 2.34. The van der Waals surface area contributed by atoms with Gasteiger partial charge in [-0.2, -0.15) is 0 Å². The Morgan fingerprint density at radius 2 is 2.33 bits per heavy atom. The SMILES string of the molecule is CCOC(=O)C(C)N1CC(c2cccc(Cl)c2)OCC1=O. The highest BCUT2D eigenvalue weighted by molar-refractivity contribution is 6.30. The lowest BCUT2D eigenvalue weighted by molar-refractivity contribution is -0.164. The van der Waals surface area contributed by atoms with E-state index in [0.717, 1.165) is 5.56 Å². The maximum absolute atomic E-state index is 12.0. The molecule has 5 nitrogen and oxygen atoms in total. The Labute approximate surface area is 128 Å². The van der Waals surface area contributed by atoms with E-state index in [1.165, 1.54) is 4.90 Å². The first-order valence-electron chi connectivity index (χ1n) is 6.86. The van der Waals surface area contributed by atoms with E-state index in [-0.39, 0.29) is 18.6 Å². The smallest absolute Gasteiger partial charge is 0.328 e. The molecular formula is C15H18ClNO4. The number of hydrogen-bond acceptors (Lipinski definition) is 4. The van der Waals surface area contributed by atoms with Crippen LogP contribution in [-0.4, -0.2) is 42.6 Å². The first kappa shape index (κ1) is 15.8. The van der Waals surface area contributed by atoms with Crippen LogP contribution in [0, 0.1) is 0 Å². The summed E-state index contributed by atoms with van der Waals surface area (Å²) in [5.41, 5.74) is 0.885. The summed E-state index contributed by atoms with van der Waals surface area (Å²) in [5, 5.41) is 0.609. The van der Waals surface area contributed by atoms with E-state index < -0.39 is 12.0 Å². The molecule has 0 aromatic heterocycles. The van der Waals surface area contributed by atoms with Crippen molar-refractivity contribution in [3.8, 4) is 0 Å². The first-order chi connectivity index (χ1) is 10.0. The molecular weight excluding hydrogens is 294 g/mol. The van der Waals surface area contributed by atoms with Gasteiger partial charge in [0.2, 0.25) is 5.91 Å². The fourth-order valence-corrected chi connectivity index (χ4v) is 2.46. The maximum Gasteiger partial charge on any atom is 0.328 e. The van der Waals surface area contributed by atoms with E-state index in [0.29, 0.717) is 18.2 Å². The van der Waals surface area contributed by atoms with Gasteiger partial charge >= 0.3 is 5.97 Å². The Balaban J connectivity index is 2.12. The molecule has 0 radical (unpaired) electrons. The van der Waals surface area contributed by atoms with Crippen LogP contribution in [0.3, 0.4) is 0 Å². The number of nitrogens with zero attached hydrogens (tertiary/aromatic N) is 1. The third kappa shape index (κ3) is 3.74. The molecule has 1 aromatic carbocycles. The second-order valence-corrected chi connectivity index (χ2v) is 5.27. The van der Waals surface area contributed by atoms with E-state index in [4.69, 9.17) is 21.1 Å². The van der Waals surface area contributed by atoms with Crippen LogP contribution in [0.4, 0.5) is 0 Å². The van der Waals surface area contributed by atoms with Crippen molar-refractivity contribution in [1.82, 2.24) is 4.90 Å². The van der Waals surface area contributed by atoms with E-state index in [1.807, 2.05) is 12.1 Å². The predicted molar refractivity (Wildman–Crippen MR) is 78.0 cm³/mol. The lowest BCUT2D eigenvalue weighted by Gasteiger charge is -2.35. The third-order valence-corrected chi connectivity index (χ3v) is 3.64. The number of benzene rings is 1. The lowest BCUT2D eigenvalue weighted by Crippen LogP contribution is -2.51. The van der Waals surface area contributed by atoms with Crippen molar-refractivity contribution in [2.45, 2.75) is 26.0 Å². The molecule has 1 amide bonds. The summed E-state index contributed by atoms with van der Waals surface area (Å²) in [4.78, 5) is 25.3. The van der Waals surface area contributed by atoms with Crippen molar-refractivity contribution in [1.29, 1.82) is 0 Å². The largest absolute Gasteiger partial charge is 0.464 e. The van der Waals surface area contributed by atoms with Crippen LogP contribution in [0.2, 0.25) is 5.02 Å². The summed E-state index contributed by atoms with van der Waals surface area (Å²) in [6.07, 6.45) is -0.293. The molecule has 1 saturated heterocycles. The van der Waals surface area contributed by atoms with Crippen LogP contribution in [-0.2, 0) is 19.1 Å². The predicted octanol–water partition coefficient (Wildman–Crippen LogP) is 2.19. The minimum atomic E-state index is -0.622. The first-order valence-corrected chi connectivity index (χ1v) is 7.24. The van der Waals surface area contributed by atoms with Crippen LogP contribution in [0.15, 0.2) is 24.3 Å². The van der Waals surface area contributed by atoms with Crippen LogP contribution in [0.1, 0.15) is 25.5 Å². The van der Waals surface area contributed by atoms with Crippen LogP contribution < -0.4 is 0 Å². The van der Waals surface area contributed by atoms with Crippen molar-refractivity contribution in [3.05, 3.63) is 34.9 Å². The Kier molecular flexibility index (Phi) is 5.20. The highest BCUT2D eigenvalue weighted by Crippen LogP contribution is 2.26. The van der Waals surface area contributed by atoms with Gasteiger partial charge in [-0.15, -0.1) is 0 Å². The molecule has 1 heterocycles. The molecule has 2 atom stereocenters. The number of amides is 1. The molecule has 1 aliphatic heterocycles. The van der Waals surface area contributed by atoms with E-state index in [9.17, 15) is 9.59 Å². The van der Waals surface area contributed by atoms with Crippen LogP contribution >= 0.6 is 11.6 Å². The number of morpholine rings is 1. The van der Waals surface area contributed by atoms with Crippen molar-refractivity contribution in [2.24, 2.45) is 0 Å². The number of esters is 1. The summed E-state index contributed by atoms with van der Waals surface area (Å²) >= 11 is 5.97. The minimum absolute atomic E-state index is 0.0546. The number of hydrogen-bond donors (Lipinski definition) is 0. The molecule has 21 heavy (non-hydrogen) atoms. The zero-order valence-electron chi connectivity index (χ0n) is 12.0. The van der Waals surface area contributed by atoms with Gasteiger partial charge in [0.15, 0.2) is 0 Å². The fraction of sp³-hybridized carbons (Fsp3) is 0.467. The minimum Gasteiger partial charge on any atom is -0.464 e. The Bertz CT molecular complexity index is 534. The monoisotopic (exact) mass is 311 g/mol. The summed E-state index contributed by atoms with van der Waals surface area (Å²) < 4.78 is 10.5. The van der Waals surface area contributed by atoms with E-state index >= 15 is 0 Å². The second-order valence-electron chi connectivity index (χ2n) is 4.83. The lowest BCUT2D eigenvalue weighted by atomic mass is 10.1. The topological polar surface area (TPSA) is 55.8 Å². The highest BCUT2D eigenvalue weighted by atomic mass is 35.5. The van der Waals surface area contributed by atoms with Crippen molar-refractivity contribution < 1.29 is 19.1 Å². The molecule has 0 spiro atoms. The van der Waals surface area contributed by atoms with Crippen molar-refractivity contribution in [3.63, 3.8) is 0 Å². The van der Waals surface area contributed by atoms with E-state index in [1.54, 1.807) is 26.0 Å². The molecule has 1 aliphatic rings. The number of carbonyl (C=O) groups excluding carboxylic acids is 2. The molecule has 6 heteroatoms. The maximum atomic E-state index is 12.0. The molecule has 2 rings (SSSR count). The Morgan fingerprint density at radius 3 is 3.00 bits per heavy atom. The third-order valence-electron chi connectivity index (χ3n) is 3.41. The normalized spacial score (nSPS) is 20.2. The summed E-state index contributed by atoms with van der Waals surface area (Å²) in [7, 11) is 0. The molecule has 2 unspecified atom stereocenters. The molecule has 0 saturated carbocycles. The Morgan fingerprint density at radius 1 is 1.57 bits per heavy atom. The van der Waals surface area contributed by atoms with Crippen molar-refractivity contribution >= 4 is 23.5 Å². The quantitative estimate of drug-likeness (QED) is 0.800. The summed E-state index contributed by atoms with van der Waals surface area (Å²) in [6, 6.07) is 6.67. The number of carbonyl (C=O) groups is 2. The van der Waals surface area contributed by atoms with Crippen LogP contribution in [0.5, 0.6) is 0 Å². The Hall–Kier alpha value is -1.59. The zero-order valence-corrected chi connectivity index (χ0v) is 12.8. The van der Waals surface area contributed by atoms with Gasteiger partial charge in [0.25, 0.3) is 0 Å². The molecule has 0 aliphatic carbocycles. The average Bonchev–Trinajstić information content (AvgIpc) is 2.47. The van der Waals surface area contributed by atoms with Gasteiger partial charge in [-0.1, -0.05) is 23.7 Å².